The number of hydrogen-bond acceptors (Lipinski definition) is 4. The molecule has 5 heteroatoms. The minimum Gasteiger partial charge on any atom is -0.496 e. The highest BCUT2D eigenvalue weighted by Crippen LogP contribution is 2.37. The zero-order chi connectivity index (χ0) is 11.5. The fourth-order valence-corrected chi connectivity index (χ4v) is 2.94. The first-order valence-electron chi connectivity index (χ1n) is 4.95. The summed E-state index contributed by atoms with van der Waals surface area (Å²) in [7, 11) is 1.62. The molecule has 2 N–H and O–H groups in total. The van der Waals surface area contributed by atoms with Crippen molar-refractivity contribution in [3.63, 3.8) is 0 Å². The Labute approximate surface area is 98.0 Å². The molecule has 0 spiro atoms. The van der Waals surface area contributed by atoms with Crippen molar-refractivity contribution in [1.82, 2.24) is 5.32 Å². The van der Waals surface area contributed by atoms with Gasteiger partial charge < -0.3 is 9.84 Å². The van der Waals surface area contributed by atoms with Crippen molar-refractivity contribution in [2.75, 3.05) is 12.9 Å². The number of methoxy groups -OCH3 is 1. The molecule has 0 bridgehead atoms. The lowest BCUT2D eigenvalue weighted by molar-refractivity contribution is -0.138. The maximum absolute atomic E-state index is 10.8. The van der Waals surface area contributed by atoms with Gasteiger partial charge in [0.25, 0.3) is 0 Å². The molecular formula is C11H13NO3S. The lowest BCUT2D eigenvalue weighted by Crippen LogP contribution is -2.33. The Kier molecular flexibility index (Phi) is 3.36. The summed E-state index contributed by atoms with van der Waals surface area (Å²) in [6, 6.07) is 7.18. The smallest absolute Gasteiger partial charge is 0.321 e. The van der Waals surface area contributed by atoms with Gasteiger partial charge in [0, 0.05) is 11.3 Å². The van der Waals surface area contributed by atoms with Crippen molar-refractivity contribution in [2.24, 2.45) is 0 Å². The van der Waals surface area contributed by atoms with Gasteiger partial charge in [0.1, 0.15) is 11.8 Å². The van der Waals surface area contributed by atoms with E-state index in [0.29, 0.717) is 5.75 Å². The molecular weight excluding hydrogens is 226 g/mol. The molecule has 16 heavy (non-hydrogen) atoms. The van der Waals surface area contributed by atoms with E-state index in [-0.39, 0.29) is 5.37 Å². The highest BCUT2D eigenvalue weighted by atomic mass is 32.2. The molecule has 1 aliphatic heterocycles. The highest BCUT2D eigenvalue weighted by molar-refractivity contribution is 7.99. The van der Waals surface area contributed by atoms with Gasteiger partial charge in [0.15, 0.2) is 0 Å². The molecule has 0 aromatic heterocycles. The standard InChI is InChI=1S/C11H13NO3S/c1-15-9-5-3-2-4-7(9)10-12-8(6-16-10)11(13)14/h2-5,8,10,12H,6H2,1H3,(H,13,14)/t8-,10?/m1/s1. The second-order valence-electron chi connectivity index (χ2n) is 3.51. The third-order valence-corrected chi connectivity index (χ3v) is 3.75. The van der Waals surface area contributed by atoms with Crippen LogP contribution in [0.1, 0.15) is 10.9 Å². The fourth-order valence-electron chi connectivity index (χ4n) is 1.68. The van der Waals surface area contributed by atoms with Crippen LogP contribution < -0.4 is 10.1 Å². The third kappa shape index (κ3) is 2.15. The number of benzene rings is 1. The SMILES string of the molecule is COc1ccccc1C1N[C@@H](C(=O)O)CS1. The van der Waals surface area contributed by atoms with E-state index in [1.807, 2.05) is 24.3 Å². The molecule has 0 radical (unpaired) electrons. The zero-order valence-electron chi connectivity index (χ0n) is 8.84. The predicted octanol–water partition coefficient (Wildman–Crippen LogP) is 1.48. The molecule has 1 fully saturated rings. The number of rotatable bonds is 3. The van der Waals surface area contributed by atoms with Gasteiger partial charge in [-0.25, -0.2) is 0 Å². The monoisotopic (exact) mass is 239 g/mol. The van der Waals surface area contributed by atoms with Crippen LogP contribution in [0.4, 0.5) is 0 Å². The Morgan fingerprint density at radius 1 is 1.56 bits per heavy atom. The number of thioether (sulfide) groups is 1. The van der Waals surface area contributed by atoms with Gasteiger partial charge in [-0.2, -0.15) is 0 Å². The summed E-state index contributed by atoms with van der Waals surface area (Å²) in [5.41, 5.74) is 0.999. The molecule has 2 rings (SSSR count). The Hall–Kier alpha value is -1.20. The number of carboxylic acid groups (broad SMARTS) is 1. The Bertz CT molecular complexity index is 397. The average Bonchev–Trinajstić information content (AvgIpc) is 2.78. The van der Waals surface area contributed by atoms with Crippen LogP contribution in [0.3, 0.4) is 0 Å². The van der Waals surface area contributed by atoms with Crippen molar-refractivity contribution in [1.29, 1.82) is 0 Å². The van der Waals surface area contributed by atoms with Gasteiger partial charge >= 0.3 is 5.97 Å². The zero-order valence-corrected chi connectivity index (χ0v) is 9.66. The van der Waals surface area contributed by atoms with E-state index < -0.39 is 12.0 Å². The number of carbonyl (C=O) groups is 1. The molecule has 0 saturated carbocycles. The molecule has 1 aromatic rings. The number of nitrogens with one attached hydrogen (secondary N) is 1. The van der Waals surface area contributed by atoms with Gasteiger partial charge in [-0.3, -0.25) is 10.1 Å². The molecule has 1 aromatic carbocycles. The van der Waals surface area contributed by atoms with E-state index in [4.69, 9.17) is 9.84 Å². The number of ether oxygens (including phenoxy) is 1. The molecule has 1 saturated heterocycles. The second kappa shape index (κ2) is 4.76. The highest BCUT2D eigenvalue weighted by Gasteiger charge is 2.31. The predicted molar refractivity (Wildman–Crippen MR) is 62.8 cm³/mol. The fraction of sp³-hybridized carbons (Fsp3) is 0.364. The van der Waals surface area contributed by atoms with E-state index in [1.165, 1.54) is 0 Å². The van der Waals surface area contributed by atoms with Crippen LogP contribution in [0.15, 0.2) is 24.3 Å². The maximum atomic E-state index is 10.8. The van der Waals surface area contributed by atoms with Gasteiger partial charge in [0.2, 0.25) is 0 Å². The average molecular weight is 239 g/mol. The number of hydrogen-bond donors (Lipinski definition) is 2. The van der Waals surface area contributed by atoms with Crippen molar-refractivity contribution >= 4 is 17.7 Å². The number of carboxylic acids is 1. The quantitative estimate of drug-likeness (QED) is 0.836. The van der Waals surface area contributed by atoms with Crippen molar-refractivity contribution in [3.8, 4) is 5.75 Å². The molecule has 4 nitrogen and oxygen atoms in total. The van der Waals surface area contributed by atoms with E-state index in [9.17, 15) is 4.79 Å². The minimum atomic E-state index is -0.801. The topological polar surface area (TPSA) is 58.6 Å². The van der Waals surface area contributed by atoms with Crippen molar-refractivity contribution in [3.05, 3.63) is 29.8 Å². The lowest BCUT2D eigenvalue weighted by Gasteiger charge is -2.14. The first-order valence-corrected chi connectivity index (χ1v) is 6.00. The summed E-state index contributed by atoms with van der Waals surface area (Å²) in [5.74, 6) is 0.571. The number of para-hydroxylation sites is 1. The first kappa shape index (κ1) is 11.3. The van der Waals surface area contributed by atoms with Crippen LogP contribution >= 0.6 is 11.8 Å². The molecule has 1 heterocycles. The van der Waals surface area contributed by atoms with E-state index in [0.717, 1.165) is 11.3 Å². The minimum absolute atomic E-state index is 0.00255. The Morgan fingerprint density at radius 2 is 2.31 bits per heavy atom. The van der Waals surface area contributed by atoms with E-state index in [2.05, 4.69) is 5.32 Å². The summed E-state index contributed by atoms with van der Waals surface area (Å²) in [4.78, 5) is 10.8. The molecule has 0 amide bonds. The van der Waals surface area contributed by atoms with Gasteiger partial charge in [-0.1, -0.05) is 18.2 Å². The van der Waals surface area contributed by atoms with Crippen LogP contribution in [0, 0.1) is 0 Å². The van der Waals surface area contributed by atoms with Gasteiger partial charge in [0.05, 0.1) is 12.5 Å². The molecule has 86 valence electrons. The van der Waals surface area contributed by atoms with E-state index in [1.54, 1.807) is 18.9 Å². The number of aliphatic carboxylic acids is 1. The molecule has 0 aliphatic carbocycles. The summed E-state index contributed by atoms with van der Waals surface area (Å²) >= 11 is 1.59. The molecule has 1 aliphatic rings. The lowest BCUT2D eigenvalue weighted by atomic mass is 10.2. The summed E-state index contributed by atoms with van der Waals surface area (Å²) in [6.07, 6.45) is 0. The third-order valence-electron chi connectivity index (χ3n) is 2.50. The molecule has 2 atom stereocenters. The van der Waals surface area contributed by atoms with E-state index >= 15 is 0 Å². The van der Waals surface area contributed by atoms with Crippen LogP contribution in [0.25, 0.3) is 0 Å². The van der Waals surface area contributed by atoms with Crippen LogP contribution in [0.2, 0.25) is 0 Å². The van der Waals surface area contributed by atoms with Crippen LogP contribution in [-0.4, -0.2) is 30.0 Å². The summed E-state index contributed by atoms with van der Waals surface area (Å²) in [5, 5.41) is 12.0. The van der Waals surface area contributed by atoms with Crippen LogP contribution in [-0.2, 0) is 4.79 Å². The maximum Gasteiger partial charge on any atom is 0.321 e. The summed E-state index contributed by atoms with van der Waals surface area (Å²) < 4.78 is 5.25. The first-order chi connectivity index (χ1) is 7.72. The second-order valence-corrected chi connectivity index (χ2v) is 4.65. The Morgan fingerprint density at radius 3 is 2.94 bits per heavy atom. The van der Waals surface area contributed by atoms with Crippen molar-refractivity contribution < 1.29 is 14.6 Å². The normalized spacial score (nSPS) is 24.3. The van der Waals surface area contributed by atoms with Gasteiger partial charge in [-0.05, 0) is 6.07 Å². The largest absolute Gasteiger partial charge is 0.496 e. The van der Waals surface area contributed by atoms with Gasteiger partial charge in [-0.15, -0.1) is 11.8 Å². The Balaban J connectivity index is 2.17. The molecule has 1 unspecified atom stereocenters. The summed E-state index contributed by atoms with van der Waals surface area (Å²) in [6.45, 7) is 0. The van der Waals surface area contributed by atoms with Crippen molar-refractivity contribution in [2.45, 2.75) is 11.4 Å². The van der Waals surface area contributed by atoms with Crippen LogP contribution in [0.5, 0.6) is 5.75 Å².